The average molecular weight is 248 g/mol. The Morgan fingerprint density at radius 2 is 2.17 bits per heavy atom. The van der Waals surface area contributed by atoms with Crippen LogP contribution in [0.25, 0.3) is 5.69 Å². The number of carbonyl (C=O) groups is 1. The van der Waals surface area contributed by atoms with Crippen LogP contribution in [0, 0.1) is 10.1 Å². The maximum absolute atomic E-state index is 11.2. The SMILES string of the molecule is COC(=O)c1ncn(-c2ccccc2[N+](=O)[O-])n1. The van der Waals surface area contributed by atoms with Crippen molar-refractivity contribution in [1.29, 1.82) is 0 Å². The van der Waals surface area contributed by atoms with E-state index in [0.717, 1.165) is 4.68 Å². The molecule has 8 heteroatoms. The maximum Gasteiger partial charge on any atom is 0.377 e. The Hall–Kier alpha value is -2.77. The molecule has 0 bridgehead atoms. The normalized spacial score (nSPS) is 10.1. The van der Waals surface area contributed by atoms with Crippen LogP contribution < -0.4 is 0 Å². The molecule has 0 aliphatic carbocycles. The number of aromatic nitrogens is 3. The van der Waals surface area contributed by atoms with Gasteiger partial charge in [0, 0.05) is 6.07 Å². The molecule has 1 aromatic heterocycles. The van der Waals surface area contributed by atoms with E-state index >= 15 is 0 Å². The number of hydrogen-bond acceptors (Lipinski definition) is 6. The Balaban J connectivity index is 2.46. The molecule has 0 saturated carbocycles. The van der Waals surface area contributed by atoms with Crippen LogP contribution >= 0.6 is 0 Å². The summed E-state index contributed by atoms with van der Waals surface area (Å²) in [4.78, 5) is 25.2. The molecule has 0 amide bonds. The summed E-state index contributed by atoms with van der Waals surface area (Å²) in [5.74, 6) is -0.858. The molecule has 18 heavy (non-hydrogen) atoms. The minimum Gasteiger partial charge on any atom is -0.463 e. The molecule has 0 radical (unpaired) electrons. The Kier molecular flexibility index (Phi) is 3.00. The molecule has 0 aliphatic heterocycles. The predicted octanol–water partition coefficient (Wildman–Crippen LogP) is 0.962. The molecule has 0 spiro atoms. The second-order valence-corrected chi connectivity index (χ2v) is 3.25. The van der Waals surface area contributed by atoms with Crippen LogP contribution in [0.4, 0.5) is 5.69 Å². The molecule has 0 aliphatic rings. The summed E-state index contributed by atoms with van der Waals surface area (Å²) in [5, 5.41) is 14.7. The lowest BCUT2D eigenvalue weighted by Gasteiger charge is -2.00. The van der Waals surface area contributed by atoms with E-state index in [1.165, 1.54) is 25.6 Å². The number of nitro benzene ring substituents is 1. The van der Waals surface area contributed by atoms with Gasteiger partial charge in [-0.05, 0) is 6.07 Å². The van der Waals surface area contributed by atoms with Crippen molar-refractivity contribution < 1.29 is 14.5 Å². The fourth-order valence-corrected chi connectivity index (χ4v) is 1.38. The van der Waals surface area contributed by atoms with Gasteiger partial charge >= 0.3 is 5.97 Å². The molecule has 2 aromatic rings. The van der Waals surface area contributed by atoms with Gasteiger partial charge in [0.1, 0.15) is 12.0 Å². The number of para-hydroxylation sites is 2. The van der Waals surface area contributed by atoms with Crippen LogP contribution in [0.3, 0.4) is 0 Å². The van der Waals surface area contributed by atoms with Crippen LogP contribution in [0.1, 0.15) is 10.6 Å². The van der Waals surface area contributed by atoms with Gasteiger partial charge in [0.25, 0.3) is 11.5 Å². The molecule has 0 saturated heterocycles. The van der Waals surface area contributed by atoms with Gasteiger partial charge in [-0.2, -0.15) is 0 Å². The fourth-order valence-electron chi connectivity index (χ4n) is 1.38. The molecule has 0 unspecified atom stereocenters. The van der Waals surface area contributed by atoms with Gasteiger partial charge in [0.05, 0.1) is 12.0 Å². The van der Waals surface area contributed by atoms with E-state index in [1.807, 2.05) is 0 Å². The lowest BCUT2D eigenvalue weighted by molar-refractivity contribution is -0.384. The van der Waals surface area contributed by atoms with Crippen LogP contribution in [0.15, 0.2) is 30.6 Å². The van der Waals surface area contributed by atoms with Crippen LogP contribution in [-0.2, 0) is 4.74 Å². The molecular formula is C10H8N4O4. The van der Waals surface area contributed by atoms with Crippen molar-refractivity contribution in [2.45, 2.75) is 0 Å². The van der Waals surface area contributed by atoms with E-state index in [9.17, 15) is 14.9 Å². The zero-order valence-corrected chi connectivity index (χ0v) is 9.31. The largest absolute Gasteiger partial charge is 0.463 e. The van der Waals surface area contributed by atoms with Crippen LogP contribution in [0.5, 0.6) is 0 Å². The monoisotopic (exact) mass is 248 g/mol. The highest BCUT2D eigenvalue weighted by Gasteiger charge is 2.18. The van der Waals surface area contributed by atoms with Crippen molar-refractivity contribution in [2.75, 3.05) is 7.11 Å². The summed E-state index contributed by atoms with van der Waals surface area (Å²) < 4.78 is 5.61. The highest BCUT2D eigenvalue weighted by Crippen LogP contribution is 2.20. The van der Waals surface area contributed by atoms with Crippen molar-refractivity contribution in [3.8, 4) is 5.69 Å². The summed E-state index contributed by atoms with van der Waals surface area (Å²) in [6, 6.07) is 6.02. The Morgan fingerprint density at radius 1 is 1.44 bits per heavy atom. The zero-order chi connectivity index (χ0) is 13.1. The van der Waals surface area contributed by atoms with Gasteiger partial charge in [-0.25, -0.2) is 14.5 Å². The number of benzene rings is 1. The molecule has 8 nitrogen and oxygen atoms in total. The summed E-state index contributed by atoms with van der Waals surface area (Å²) >= 11 is 0. The second-order valence-electron chi connectivity index (χ2n) is 3.25. The van der Waals surface area contributed by atoms with Crippen molar-refractivity contribution in [3.63, 3.8) is 0 Å². The maximum atomic E-state index is 11.2. The number of methoxy groups -OCH3 is 1. The first-order valence-electron chi connectivity index (χ1n) is 4.87. The number of esters is 1. The van der Waals surface area contributed by atoms with E-state index in [4.69, 9.17) is 0 Å². The van der Waals surface area contributed by atoms with Gasteiger partial charge in [0.15, 0.2) is 0 Å². The lowest BCUT2D eigenvalue weighted by atomic mass is 10.3. The molecule has 2 rings (SSSR count). The van der Waals surface area contributed by atoms with Gasteiger partial charge in [-0.15, -0.1) is 5.10 Å². The number of carbonyl (C=O) groups excluding carboxylic acids is 1. The first kappa shape index (κ1) is 11.7. The minimum atomic E-state index is -0.702. The Labute approximate surface area is 101 Å². The highest BCUT2D eigenvalue weighted by atomic mass is 16.6. The van der Waals surface area contributed by atoms with E-state index < -0.39 is 10.9 Å². The van der Waals surface area contributed by atoms with Gasteiger partial charge in [-0.1, -0.05) is 12.1 Å². The Bertz CT molecular complexity index is 607. The van der Waals surface area contributed by atoms with Crippen LogP contribution in [0.2, 0.25) is 0 Å². The minimum absolute atomic E-state index is 0.126. The van der Waals surface area contributed by atoms with Crippen molar-refractivity contribution in [3.05, 3.63) is 46.5 Å². The third-order valence-electron chi connectivity index (χ3n) is 2.19. The molecule has 0 atom stereocenters. The number of nitro groups is 1. The first-order valence-corrected chi connectivity index (χ1v) is 4.87. The lowest BCUT2D eigenvalue weighted by Crippen LogP contribution is -2.06. The van der Waals surface area contributed by atoms with Crippen LogP contribution in [-0.4, -0.2) is 32.8 Å². The highest BCUT2D eigenvalue weighted by molar-refractivity contribution is 5.84. The topological polar surface area (TPSA) is 100 Å². The summed E-state index contributed by atoms with van der Waals surface area (Å²) in [6.45, 7) is 0. The standard InChI is InChI=1S/C10H8N4O4/c1-18-10(15)9-11-6-13(12-9)7-4-2-3-5-8(7)14(16)17/h2-6H,1H3. The number of rotatable bonds is 3. The smallest absolute Gasteiger partial charge is 0.377 e. The summed E-state index contributed by atoms with van der Waals surface area (Å²) in [6.07, 6.45) is 1.22. The van der Waals surface area contributed by atoms with Crippen molar-refractivity contribution in [2.24, 2.45) is 0 Å². The average Bonchev–Trinajstić information content (AvgIpc) is 2.87. The number of ether oxygens (including phenoxy) is 1. The predicted molar refractivity (Wildman–Crippen MR) is 59.4 cm³/mol. The Morgan fingerprint density at radius 3 is 2.83 bits per heavy atom. The van der Waals surface area contributed by atoms with E-state index in [1.54, 1.807) is 12.1 Å². The van der Waals surface area contributed by atoms with E-state index in [0.29, 0.717) is 0 Å². The molecule has 1 aromatic carbocycles. The second kappa shape index (κ2) is 4.62. The molecule has 1 heterocycles. The van der Waals surface area contributed by atoms with Crippen molar-refractivity contribution in [1.82, 2.24) is 14.8 Å². The number of nitrogens with zero attached hydrogens (tertiary/aromatic N) is 4. The van der Waals surface area contributed by atoms with E-state index in [-0.39, 0.29) is 17.2 Å². The van der Waals surface area contributed by atoms with Gasteiger partial charge in [0.2, 0.25) is 0 Å². The molecule has 0 N–H and O–H groups in total. The zero-order valence-electron chi connectivity index (χ0n) is 9.31. The molecule has 0 fully saturated rings. The quantitative estimate of drug-likeness (QED) is 0.455. The fraction of sp³-hybridized carbons (Fsp3) is 0.100. The van der Waals surface area contributed by atoms with Gasteiger partial charge in [-0.3, -0.25) is 10.1 Å². The third-order valence-corrected chi connectivity index (χ3v) is 2.19. The summed E-state index contributed by atoms with van der Waals surface area (Å²) in [5.41, 5.74) is 0.101. The van der Waals surface area contributed by atoms with Crippen molar-refractivity contribution >= 4 is 11.7 Å². The number of hydrogen-bond donors (Lipinski definition) is 0. The third kappa shape index (κ3) is 2.03. The van der Waals surface area contributed by atoms with Gasteiger partial charge < -0.3 is 4.74 Å². The molecular weight excluding hydrogens is 240 g/mol. The molecule has 92 valence electrons. The first-order chi connectivity index (χ1) is 8.63. The summed E-state index contributed by atoms with van der Waals surface area (Å²) in [7, 11) is 1.20. The van der Waals surface area contributed by atoms with E-state index in [2.05, 4.69) is 14.8 Å².